The Hall–Kier alpha value is -0.0400. The van der Waals surface area contributed by atoms with Gasteiger partial charge in [0.25, 0.3) is 0 Å². The molecule has 0 heterocycles. The third-order valence-corrected chi connectivity index (χ3v) is 6.29. The lowest BCUT2D eigenvalue weighted by Gasteiger charge is -2.45. The molecule has 2 aliphatic carbocycles. The highest BCUT2D eigenvalue weighted by atomic mass is 14.9. The zero-order valence-electron chi connectivity index (χ0n) is 14.4. The van der Waals surface area contributed by atoms with Crippen LogP contribution < -0.4 is 5.32 Å². The zero-order valence-corrected chi connectivity index (χ0v) is 14.4. The number of hydrogen-bond donors (Lipinski definition) is 1. The summed E-state index contributed by atoms with van der Waals surface area (Å²) < 4.78 is 0. The van der Waals surface area contributed by atoms with Crippen molar-refractivity contribution in [2.75, 3.05) is 6.54 Å². The van der Waals surface area contributed by atoms with Crippen LogP contribution in [-0.4, -0.2) is 12.6 Å². The first kappa shape index (κ1) is 16.3. The Kier molecular flexibility index (Phi) is 5.95. The van der Waals surface area contributed by atoms with E-state index in [4.69, 9.17) is 0 Å². The molecule has 0 amide bonds. The van der Waals surface area contributed by atoms with Crippen molar-refractivity contribution in [3.63, 3.8) is 0 Å². The van der Waals surface area contributed by atoms with E-state index in [-0.39, 0.29) is 0 Å². The molecule has 1 nitrogen and oxygen atoms in total. The molecule has 0 spiro atoms. The SMILES string of the molecule is CCNC(C1CCC(C)(C)CC1)C1CCCCC1CC. The van der Waals surface area contributed by atoms with Crippen LogP contribution in [-0.2, 0) is 0 Å². The summed E-state index contributed by atoms with van der Waals surface area (Å²) in [6, 6.07) is 0.807. The molecular weight excluding hydrogens is 242 g/mol. The third kappa shape index (κ3) is 4.00. The molecule has 0 saturated heterocycles. The molecule has 0 aromatic carbocycles. The summed E-state index contributed by atoms with van der Waals surface area (Å²) in [4.78, 5) is 0. The molecule has 20 heavy (non-hydrogen) atoms. The first-order chi connectivity index (χ1) is 9.57. The highest BCUT2D eigenvalue weighted by Gasteiger charge is 2.37. The summed E-state index contributed by atoms with van der Waals surface area (Å²) in [5.41, 5.74) is 0.601. The van der Waals surface area contributed by atoms with E-state index in [0.29, 0.717) is 5.41 Å². The molecule has 2 rings (SSSR count). The zero-order chi connectivity index (χ0) is 14.6. The van der Waals surface area contributed by atoms with E-state index in [1.54, 1.807) is 0 Å². The molecule has 3 unspecified atom stereocenters. The van der Waals surface area contributed by atoms with E-state index < -0.39 is 0 Å². The molecule has 1 heteroatoms. The van der Waals surface area contributed by atoms with Crippen molar-refractivity contribution in [2.24, 2.45) is 23.2 Å². The van der Waals surface area contributed by atoms with Crippen LogP contribution in [0.3, 0.4) is 0 Å². The maximum absolute atomic E-state index is 3.91. The average Bonchev–Trinajstić information content (AvgIpc) is 2.45. The fraction of sp³-hybridized carbons (Fsp3) is 1.00. The fourth-order valence-electron chi connectivity index (χ4n) is 4.90. The largest absolute Gasteiger partial charge is 0.314 e. The maximum atomic E-state index is 3.91. The molecule has 0 aliphatic heterocycles. The Bertz CT molecular complexity index is 273. The van der Waals surface area contributed by atoms with Crippen molar-refractivity contribution >= 4 is 0 Å². The molecule has 1 N–H and O–H groups in total. The van der Waals surface area contributed by atoms with Crippen LogP contribution in [0, 0.1) is 23.2 Å². The van der Waals surface area contributed by atoms with Crippen LogP contribution in [0.25, 0.3) is 0 Å². The Balaban J connectivity index is 2.02. The molecule has 118 valence electrons. The topological polar surface area (TPSA) is 12.0 Å². The predicted molar refractivity (Wildman–Crippen MR) is 88.9 cm³/mol. The fourth-order valence-corrected chi connectivity index (χ4v) is 4.90. The number of rotatable bonds is 5. The summed E-state index contributed by atoms with van der Waals surface area (Å²) in [6.45, 7) is 10.8. The van der Waals surface area contributed by atoms with Gasteiger partial charge in [0.1, 0.15) is 0 Å². The average molecular weight is 280 g/mol. The molecule has 2 saturated carbocycles. The molecule has 2 fully saturated rings. The lowest BCUT2D eigenvalue weighted by molar-refractivity contribution is 0.0913. The number of hydrogen-bond acceptors (Lipinski definition) is 1. The predicted octanol–water partition coefficient (Wildman–Crippen LogP) is 5.40. The molecule has 2 aliphatic rings. The van der Waals surface area contributed by atoms with E-state index in [0.717, 1.165) is 30.3 Å². The van der Waals surface area contributed by atoms with Gasteiger partial charge in [-0.05, 0) is 61.8 Å². The van der Waals surface area contributed by atoms with E-state index >= 15 is 0 Å². The summed E-state index contributed by atoms with van der Waals surface area (Å²) in [6.07, 6.45) is 13.1. The van der Waals surface area contributed by atoms with Gasteiger partial charge < -0.3 is 5.32 Å². The van der Waals surface area contributed by atoms with Crippen LogP contribution >= 0.6 is 0 Å². The van der Waals surface area contributed by atoms with Gasteiger partial charge >= 0.3 is 0 Å². The van der Waals surface area contributed by atoms with Gasteiger partial charge in [-0.2, -0.15) is 0 Å². The van der Waals surface area contributed by atoms with Crippen molar-refractivity contribution in [3.05, 3.63) is 0 Å². The Morgan fingerprint density at radius 1 is 1.00 bits per heavy atom. The van der Waals surface area contributed by atoms with Crippen molar-refractivity contribution in [1.82, 2.24) is 5.32 Å². The van der Waals surface area contributed by atoms with Gasteiger partial charge in [-0.3, -0.25) is 0 Å². The highest BCUT2D eigenvalue weighted by molar-refractivity contribution is 4.92. The standard InChI is InChI=1S/C19H37N/c1-5-15-9-7-8-10-17(15)18(20-6-2)16-11-13-19(3,4)14-12-16/h15-18,20H,5-14H2,1-4H3. The first-order valence-corrected chi connectivity index (χ1v) is 9.30. The summed E-state index contributed by atoms with van der Waals surface area (Å²) in [5, 5.41) is 3.91. The molecule has 0 aromatic heterocycles. The van der Waals surface area contributed by atoms with Gasteiger partial charge in [-0.1, -0.05) is 53.4 Å². The normalized spacial score (nSPS) is 33.0. The second-order valence-electron chi connectivity index (χ2n) is 8.20. The van der Waals surface area contributed by atoms with Crippen molar-refractivity contribution in [3.8, 4) is 0 Å². The van der Waals surface area contributed by atoms with Gasteiger partial charge in [-0.25, -0.2) is 0 Å². The molecule has 0 radical (unpaired) electrons. The number of nitrogens with one attached hydrogen (secondary N) is 1. The Morgan fingerprint density at radius 2 is 1.65 bits per heavy atom. The van der Waals surface area contributed by atoms with Gasteiger partial charge in [0.05, 0.1) is 0 Å². The second kappa shape index (κ2) is 7.29. The smallest absolute Gasteiger partial charge is 0.0126 e. The molecular formula is C19H37N. The van der Waals surface area contributed by atoms with Crippen LogP contribution in [0.15, 0.2) is 0 Å². The van der Waals surface area contributed by atoms with E-state index in [1.165, 1.54) is 57.8 Å². The summed E-state index contributed by atoms with van der Waals surface area (Å²) in [5.74, 6) is 2.89. The van der Waals surface area contributed by atoms with Gasteiger partial charge in [0.2, 0.25) is 0 Å². The van der Waals surface area contributed by atoms with E-state index in [1.807, 2.05) is 0 Å². The van der Waals surface area contributed by atoms with Crippen LogP contribution in [0.2, 0.25) is 0 Å². The minimum atomic E-state index is 0.601. The molecule has 0 aromatic rings. The van der Waals surface area contributed by atoms with E-state index in [9.17, 15) is 0 Å². The summed E-state index contributed by atoms with van der Waals surface area (Å²) >= 11 is 0. The van der Waals surface area contributed by atoms with Crippen LogP contribution in [0.4, 0.5) is 0 Å². The minimum absolute atomic E-state index is 0.601. The lowest BCUT2D eigenvalue weighted by Crippen LogP contribution is -2.47. The van der Waals surface area contributed by atoms with Crippen LogP contribution in [0.1, 0.15) is 85.5 Å². The van der Waals surface area contributed by atoms with Gasteiger partial charge in [0, 0.05) is 6.04 Å². The monoisotopic (exact) mass is 279 g/mol. The maximum Gasteiger partial charge on any atom is 0.0126 e. The summed E-state index contributed by atoms with van der Waals surface area (Å²) in [7, 11) is 0. The Morgan fingerprint density at radius 3 is 2.25 bits per heavy atom. The van der Waals surface area contributed by atoms with Gasteiger partial charge in [-0.15, -0.1) is 0 Å². The quantitative estimate of drug-likeness (QED) is 0.710. The van der Waals surface area contributed by atoms with Crippen LogP contribution in [0.5, 0.6) is 0 Å². The highest BCUT2D eigenvalue weighted by Crippen LogP contribution is 2.44. The van der Waals surface area contributed by atoms with Crippen molar-refractivity contribution in [2.45, 2.75) is 91.5 Å². The minimum Gasteiger partial charge on any atom is -0.314 e. The molecule has 0 bridgehead atoms. The van der Waals surface area contributed by atoms with Crippen molar-refractivity contribution in [1.29, 1.82) is 0 Å². The second-order valence-corrected chi connectivity index (χ2v) is 8.20. The van der Waals surface area contributed by atoms with Gasteiger partial charge in [0.15, 0.2) is 0 Å². The molecule has 3 atom stereocenters. The van der Waals surface area contributed by atoms with E-state index in [2.05, 4.69) is 33.0 Å². The van der Waals surface area contributed by atoms with Crippen molar-refractivity contribution < 1.29 is 0 Å². The third-order valence-electron chi connectivity index (χ3n) is 6.29. The lowest BCUT2D eigenvalue weighted by atomic mass is 9.65. The Labute approximate surface area is 127 Å². The first-order valence-electron chi connectivity index (χ1n) is 9.30.